The number of nitrogens with zero attached hydrogens (tertiary/aromatic N) is 5. The number of aromatic nitrogens is 5. The van der Waals surface area contributed by atoms with Gasteiger partial charge in [0.1, 0.15) is 17.3 Å². The lowest BCUT2D eigenvalue weighted by atomic mass is 10.1. The summed E-state index contributed by atoms with van der Waals surface area (Å²) in [6.07, 6.45) is 5.02. The van der Waals surface area contributed by atoms with Gasteiger partial charge in [0.15, 0.2) is 5.82 Å². The molecule has 0 amide bonds. The van der Waals surface area contributed by atoms with Gasteiger partial charge in [-0.2, -0.15) is 0 Å². The van der Waals surface area contributed by atoms with E-state index in [0.717, 1.165) is 0 Å². The third-order valence-corrected chi connectivity index (χ3v) is 5.11. The molecule has 0 spiro atoms. The Labute approximate surface area is 198 Å². The summed E-state index contributed by atoms with van der Waals surface area (Å²) in [6, 6.07) is 8.19. The van der Waals surface area contributed by atoms with E-state index < -0.39 is 0 Å². The van der Waals surface area contributed by atoms with Crippen LogP contribution in [0.25, 0.3) is 22.6 Å². The Hall–Kier alpha value is -3.64. The monoisotopic (exact) mass is 487 g/mol. The molecule has 0 aliphatic carbocycles. The quantitative estimate of drug-likeness (QED) is 0.158. The number of nitrogens with two attached hydrogens (primary N) is 1. The minimum Gasteiger partial charge on any atom is -0.382 e. The lowest BCUT2D eigenvalue weighted by molar-refractivity contribution is 0.0294. The first kappa shape index (κ1) is 22.6. The lowest BCUT2D eigenvalue weighted by Crippen LogP contribution is -2.17. The van der Waals surface area contributed by atoms with Gasteiger partial charge in [-0.25, -0.2) is 19.9 Å². The van der Waals surface area contributed by atoms with Crippen molar-refractivity contribution in [3.8, 4) is 22.6 Å². The van der Waals surface area contributed by atoms with Crippen LogP contribution in [0.3, 0.4) is 0 Å². The van der Waals surface area contributed by atoms with Crippen LogP contribution >= 0.6 is 23.2 Å². The maximum Gasteiger partial charge on any atom is 0.223 e. The van der Waals surface area contributed by atoms with E-state index in [2.05, 4.69) is 35.6 Å². The first-order valence-corrected chi connectivity index (χ1v) is 10.4. The Balaban J connectivity index is 1.49. The van der Waals surface area contributed by atoms with Crippen LogP contribution in [0.5, 0.6) is 0 Å². The van der Waals surface area contributed by atoms with Gasteiger partial charge in [-0.15, -0.1) is 5.23 Å². The number of pyridine rings is 1. The van der Waals surface area contributed by atoms with Gasteiger partial charge in [-0.1, -0.05) is 23.2 Å². The summed E-state index contributed by atoms with van der Waals surface area (Å²) in [7, 11) is 0. The highest BCUT2D eigenvalue weighted by Gasteiger charge is 2.16. The second-order valence-electron chi connectivity index (χ2n) is 6.76. The zero-order valence-corrected chi connectivity index (χ0v) is 18.5. The van der Waals surface area contributed by atoms with Crippen molar-refractivity contribution in [2.45, 2.75) is 0 Å². The molecule has 0 fully saturated rings. The highest BCUT2D eigenvalue weighted by atomic mass is 35.5. The first-order chi connectivity index (χ1) is 15.9. The molecule has 7 N–H and O–H groups in total. The van der Waals surface area contributed by atoms with Gasteiger partial charge in [0.05, 0.1) is 16.3 Å². The van der Waals surface area contributed by atoms with Crippen molar-refractivity contribution in [1.82, 2.24) is 24.9 Å². The summed E-state index contributed by atoms with van der Waals surface area (Å²) >= 11 is 12.5. The smallest absolute Gasteiger partial charge is 0.223 e. The van der Waals surface area contributed by atoms with E-state index in [1.54, 1.807) is 42.9 Å². The molecule has 1 aromatic carbocycles. The third kappa shape index (κ3) is 5.23. The predicted molar refractivity (Wildman–Crippen MR) is 127 cm³/mol. The third-order valence-electron chi connectivity index (χ3n) is 4.56. The van der Waals surface area contributed by atoms with Crippen molar-refractivity contribution in [3.05, 3.63) is 59.0 Å². The Bertz CT molecular complexity index is 1250. The lowest BCUT2D eigenvalue weighted by Gasteiger charge is -2.13. The first-order valence-electron chi connectivity index (χ1n) is 9.66. The van der Waals surface area contributed by atoms with Crippen LogP contribution < -0.4 is 21.6 Å². The molecule has 4 rings (SSSR count). The summed E-state index contributed by atoms with van der Waals surface area (Å²) in [5.74, 6) is 1.45. The molecule has 170 valence electrons. The van der Waals surface area contributed by atoms with E-state index >= 15 is 0 Å². The van der Waals surface area contributed by atoms with E-state index in [4.69, 9.17) is 39.4 Å². The largest absolute Gasteiger partial charge is 0.382 e. The van der Waals surface area contributed by atoms with Crippen molar-refractivity contribution in [3.63, 3.8) is 0 Å². The van der Waals surface area contributed by atoms with Crippen molar-refractivity contribution >= 4 is 46.5 Å². The highest BCUT2D eigenvalue weighted by Crippen LogP contribution is 2.35. The van der Waals surface area contributed by atoms with Gasteiger partial charge < -0.3 is 21.4 Å². The molecule has 3 aromatic heterocycles. The number of rotatable bonds is 8. The average molecular weight is 488 g/mol. The van der Waals surface area contributed by atoms with Gasteiger partial charge in [0, 0.05) is 42.3 Å². The normalized spacial score (nSPS) is 10.8. The zero-order chi connectivity index (χ0) is 23.4. The Morgan fingerprint density at radius 1 is 1.00 bits per heavy atom. The van der Waals surface area contributed by atoms with Crippen molar-refractivity contribution in [2.24, 2.45) is 0 Å². The topological polar surface area (TPSA) is 161 Å². The van der Waals surface area contributed by atoms with Gasteiger partial charge in [-0.05, 0) is 30.3 Å². The second kappa shape index (κ2) is 9.88. The molecule has 13 heteroatoms. The van der Waals surface area contributed by atoms with E-state index in [1.165, 1.54) is 6.07 Å². The van der Waals surface area contributed by atoms with Gasteiger partial charge >= 0.3 is 0 Å². The summed E-state index contributed by atoms with van der Waals surface area (Å²) in [5, 5.41) is 25.2. The maximum atomic E-state index is 9.05. The molecule has 0 radical (unpaired) electrons. The summed E-state index contributed by atoms with van der Waals surface area (Å²) in [5.41, 5.74) is 7.65. The second-order valence-corrected chi connectivity index (χ2v) is 7.61. The Morgan fingerprint density at radius 3 is 2.52 bits per heavy atom. The molecule has 11 nitrogen and oxygen atoms in total. The SMILES string of the molecule is Nc1nc(NCCNc2ncc(-c3ncc[nH]3)c(-c3ccc(Cl)cc3Cl)n2)ccc1N(O)O. The Kier molecular flexibility index (Phi) is 6.75. The van der Waals surface area contributed by atoms with Crippen LogP contribution in [0.4, 0.5) is 23.3 Å². The summed E-state index contributed by atoms with van der Waals surface area (Å²) in [4.78, 5) is 20.4. The highest BCUT2D eigenvalue weighted by molar-refractivity contribution is 6.36. The molecule has 0 bridgehead atoms. The van der Waals surface area contributed by atoms with Crippen molar-refractivity contribution < 1.29 is 10.4 Å². The van der Waals surface area contributed by atoms with Gasteiger partial charge in [-0.3, -0.25) is 10.4 Å². The fourth-order valence-corrected chi connectivity index (χ4v) is 3.54. The van der Waals surface area contributed by atoms with E-state index in [9.17, 15) is 0 Å². The zero-order valence-electron chi connectivity index (χ0n) is 17.0. The van der Waals surface area contributed by atoms with Crippen molar-refractivity contribution in [1.29, 1.82) is 0 Å². The van der Waals surface area contributed by atoms with E-state index in [-0.39, 0.29) is 16.7 Å². The van der Waals surface area contributed by atoms with E-state index in [0.29, 0.717) is 57.5 Å². The number of nitrogen functional groups attached to an aromatic ring is 1. The average Bonchev–Trinajstić information content (AvgIpc) is 3.31. The maximum absolute atomic E-state index is 9.05. The van der Waals surface area contributed by atoms with Crippen LogP contribution in [0.15, 0.2) is 48.9 Å². The van der Waals surface area contributed by atoms with Crippen LogP contribution in [-0.2, 0) is 0 Å². The molecule has 0 saturated carbocycles. The number of anilines is 4. The minimum absolute atomic E-state index is 0.0166. The number of nitrogens with one attached hydrogen (secondary N) is 3. The molecule has 0 atom stereocenters. The molecular formula is C20H19Cl2N9O2. The molecule has 4 aromatic rings. The number of imidazole rings is 1. The number of hydrogen-bond acceptors (Lipinski definition) is 10. The van der Waals surface area contributed by atoms with E-state index in [1.807, 2.05) is 0 Å². The summed E-state index contributed by atoms with van der Waals surface area (Å²) in [6.45, 7) is 0.928. The Morgan fingerprint density at radius 2 is 1.82 bits per heavy atom. The van der Waals surface area contributed by atoms with Crippen LogP contribution in [0, 0.1) is 0 Å². The van der Waals surface area contributed by atoms with Gasteiger partial charge in [0.2, 0.25) is 5.95 Å². The molecule has 3 heterocycles. The molecule has 0 aliphatic heterocycles. The molecule has 0 aliphatic rings. The predicted octanol–water partition coefficient (Wildman–Crippen LogP) is 3.93. The molecule has 0 unspecified atom stereocenters. The fourth-order valence-electron chi connectivity index (χ4n) is 3.04. The van der Waals surface area contributed by atoms with Crippen LogP contribution in [-0.4, -0.2) is 48.4 Å². The minimum atomic E-state index is -0.0814. The van der Waals surface area contributed by atoms with Crippen LogP contribution in [0.1, 0.15) is 0 Å². The number of aromatic amines is 1. The molecule has 0 saturated heterocycles. The van der Waals surface area contributed by atoms with Crippen molar-refractivity contribution in [2.75, 3.05) is 34.7 Å². The van der Waals surface area contributed by atoms with Gasteiger partial charge in [0.25, 0.3) is 0 Å². The molecular weight excluding hydrogens is 469 g/mol. The number of benzene rings is 1. The number of halogens is 2. The number of hydrogen-bond donors (Lipinski definition) is 6. The summed E-state index contributed by atoms with van der Waals surface area (Å²) < 4.78 is 0. The fraction of sp³-hybridized carbons (Fsp3) is 0.100. The standard InChI is InChI=1S/C20H19Cl2N9O2/c21-11-1-2-12(14(22)9-11)17-13(19-25-6-7-26-19)10-28-20(30-17)27-8-5-24-16-4-3-15(31(32)33)18(23)29-16/h1-4,6-7,9-10,32-33H,5,8H2,(H,25,26)(H3,23,24,29)(H,27,28,30). The molecule has 33 heavy (non-hydrogen) atoms. The number of H-pyrrole nitrogens is 1. The van der Waals surface area contributed by atoms with Crippen LogP contribution in [0.2, 0.25) is 10.0 Å².